The highest BCUT2D eigenvalue weighted by atomic mass is 16.5. The van der Waals surface area contributed by atoms with Crippen LogP contribution in [0.4, 0.5) is 5.69 Å². The van der Waals surface area contributed by atoms with E-state index in [2.05, 4.69) is 0 Å². The SMILES string of the molecule is CCN(Cc1cccc(N)c1)C(=O)CC(C)COC. The Bertz CT molecular complexity index is 407. The van der Waals surface area contributed by atoms with E-state index < -0.39 is 0 Å². The summed E-state index contributed by atoms with van der Waals surface area (Å²) in [5, 5.41) is 0. The predicted molar refractivity (Wildman–Crippen MR) is 77.6 cm³/mol. The lowest BCUT2D eigenvalue weighted by atomic mass is 10.1. The van der Waals surface area contributed by atoms with E-state index in [4.69, 9.17) is 10.5 Å². The van der Waals surface area contributed by atoms with Crippen LogP contribution < -0.4 is 5.73 Å². The summed E-state index contributed by atoms with van der Waals surface area (Å²) in [4.78, 5) is 14.0. The molecule has 2 N–H and O–H groups in total. The number of carbonyl (C=O) groups is 1. The van der Waals surface area contributed by atoms with Gasteiger partial charge in [0.15, 0.2) is 0 Å². The first kappa shape index (κ1) is 15.5. The Balaban J connectivity index is 2.60. The van der Waals surface area contributed by atoms with E-state index in [1.165, 1.54) is 0 Å². The fourth-order valence-electron chi connectivity index (χ4n) is 2.06. The highest BCUT2D eigenvalue weighted by Gasteiger charge is 2.15. The van der Waals surface area contributed by atoms with E-state index in [0.717, 1.165) is 11.3 Å². The second-order valence-electron chi connectivity index (χ2n) is 4.92. The van der Waals surface area contributed by atoms with Gasteiger partial charge in [-0.05, 0) is 30.5 Å². The van der Waals surface area contributed by atoms with Crippen LogP contribution in [0.3, 0.4) is 0 Å². The molecular formula is C15H24N2O2. The minimum absolute atomic E-state index is 0.162. The number of amides is 1. The molecule has 0 saturated carbocycles. The van der Waals surface area contributed by atoms with Crippen LogP contribution >= 0.6 is 0 Å². The van der Waals surface area contributed by atoms with Gasteiger partial charge in [0.1, 0.15) is 0 Å². The summed E-state index contributed by atoms with van der Waals surface area (Å²) in [7, 11) is 1.66. The first-order valence-corrected chi connectivity index (χ1v) is 6.68. The molecular weight excluding hydrogens is 240 g/mol. The van der Waals surface area contributed by atoms with Gasteiger partial charge in [0.05, 0.1) is 0 Å². The quantitative estimate of drug-likeness (QED) is 0.769. The van der Waals surface area contributed by atoms with E-state index in [9.17, 15) is 4.79 Å². The lowest BCUT2D eigenvalue weighted by molar-refractivity contribution is -0.132. The lowest BCUT2D eigenvalue weighted by Crippen LogP contribution is -2.32. The van der Waals surface area contributed by atoms with Gasteiger partial charge in [-0.3, -0.25) is 4.79 Å². The number of benzene rings is 1. The average Bonchev–Trinajstić information content (AvgIpc) is 2.36. The molecule has 1 aromatic carbocycles. The molecule has 19 heavy (non-hydrogen) atoms. The van der Waals surface area contributed by atoms with Gasteiger partial charge in [0.2, 0.25) is 5.91 Å². The summed E-state index contributed by atoms with van der Waals surface area (Å²) in [6.07, 6.45) is 0.518. The molecule has 0 saturated heterocycles. The first-order valence-electron chi connectivity index (χ1n) is 6.68. The van der Waals surface area contributed by atoms with Crippen LogP contribution in [0.1, 0.15) is 25.8 Å². The van der Waals surface area contributed by atoms with Gasteiger partial charge in [-0.15, -0.1) is 0 Å². The van der Waals surface area contributed by atoms with Crippen molar-refractivity contribution in [3.8, 4) is 0 Å². The summed E-state index contributed by atoms with van der Waals surface area (Å²) in [5.74, 6) is 0.405. The molecule has 0 aliphatic carbocycles. The molecule has 0 aliphatic rings. The van der Waals surface area contributed by atoms with E-state index in [1.807, 2.05) is 43.0 Å². The van der Waals surface area contributed by atoms with Crippen LogP contribution in [0.5, 0.6) is 0 Å². The van der Waals surface area contributed by atoms with Crippen molar-refractivity contribution >= 4 is 11.6 Å². The van der Waals surface area contributed by atoms with Crippen molar-refractivity contribution < 1.29 is 9.53 Å². The van der Waals surface area contributed by atoms with Gasteiger partial charge in [-0.25, -0.2) is 0 Å². The molecule has 106 valence electrons. The molecule has 1 rings (SSSR count). The van der Waals surface area contributed by atoms with Crippen molar-refractivity contribution in [1.29, 1.82) is 0 Å². The normalized spacial score (nSPS) is 12.2. The van der Waals surface area contributed by atoms with Crippen LogP contribution in [-0.4, -0.2) is 31.1 Å². The van der Waals surface area contributed by atoms with Gasteiger partial charge in [0.25, 0.3) is 0 Å². The summed E-state index contributed by atoms with van der Waals surface area (Å²) in [6.45, 7) is 5.94. The summed E-state index contributed by atoms with van der Waals surface area (Å²) >= 11 is 0. The maximum absolute atomic E-state index is 12.2. The van der Waals surface area contributed by atoms with Crippen LogP contribution in [0, 0.1) is 5.92 Å². The number of hydrogen-bond donors (Lipinski definition) is 1. The van der Waals surface area contributed by atoms with Crippen LogP contribution in [0.2, 0.25) is 0 Å². The number of rotatable bonds is 7. The monoisotopic (exact) mass is 264 g/mol. The molecule has 0 heterocycles. The number of methoxy groups -OCH3 is 1. The third-order valence-corrected chi connectivity index (χ3v) is 3.03. The van der Waals surface area contributed by atoms with Crippen LogP contribution in [-0.2, 0) is 16.1 Å². The molecule has 4 heteroatoms. The van der Waals surface area contributed by atoms with E-state index >= 15 is 0 Å². The Morgan fingerprint density at radius 2 is 2.21 bits per heavy atom. The second kappa shape index (κ2) is 7.79. The van der Waals surface area contributed by atoms with Crippen molar-refractivity contribution in [2.24, 2.45) is 5.92 Å². The van der Waals surface area contributed by atoms with Crippen molar-refractivity contribution in [1.82, 2.24) is 4.90 Å². The fourth-order valence-corrected chi connectivity index (χ4v) is 2.06. The molecule has 0 spiro atoms. The molecule has 0 fully saturated rings. The Hall–Kier alpha value is -1.55. The Morgan fingerprint density at radius 3 is 2.79 bits per heavy atom. The Morgan fingerprint density at radius 1 is 1.47 bits per heavy atom. The lowest BCUT2D eigenvalue weighted by Gasteiger charge is -2.23. The summed E-state index contributed by atoms with van der Waals surface area (Å²) < 4.78 is 5.06. The minimum atomic E-state index is 0.162. The predicted octanol–water partition coefficient (Wildman–Crippen LogP) is 2.29. The highest BCUT2D eigenvalue weighted by Crippen LogP contribution is 2.12. The largest absolute Gasteiger partial charge is 0.399 e. The molecule has 0 bridgehead atoms. The number of carbonyl (C=O) groups excluding carboxylic acids is 1. The molecule has 0 aromatic heterocycles. The number of hydrogen-bond acceptors (Lipinski definition) is 3. The topological polar surface area (TPSA) is 55.6 Å². The third kappa shape index (κ3) is 5.30. The standard InChI is InChI=1S/C15H24N2O2/c1-4-17(15(18)8-12(2)11-19-3)10-13-6-5-7-14(16)9-13/h5-7,9,12H,4,8,10-11,16H2,1-3H3. The molecule has 1 atom stereocenters. The van der Waals surface area contributed by atoms with Crippen LogP contribution in [0.25, 0.3) is 0 Å². The van der Waals surface area contributed by atoms with E-state index in [1.54, 1.807) is 7.11 Å². The number of nitrogens with two attached hydrogens (primary N) is 1. The van der Waals surface area contributed by atoms with Crippen molar-refractivity contribution in [3.05, 3.63) is 29.8 Å². The molecule has 0 aliphatic heterocycles. The zero-order chi connectivity index (χ0) is 14.3. The number of ether oxygens (including phenoxy) is 1. The van der Waals surface area contributed by atoms with Gasteiger partial charge in [-0.2, -0.15) is 0 Å². The maximum Gasteiger partial charge on any atom is 0.223 e. The molecule has 1 aromatic rings. The van der Waals surface area contributed by atoms with E-state index in [0.29, 0.717) is 26.1 Å². The van der Waals surface area contributed by atoms with Crippen LogP contribution in [0.15, 0.2) is 24.3 Å². The van der Waals surface area contributed by atoms with Crippen molar-refractivity contribution in [3.63, 3.8) is 0 Å². The number of nitrogens with zero attached hydrogens (tertiary/aromatic N) is 1. The summed E-state index contributed by atoms with van der Waals surface area (Å²) in [5.41, 5.74) is 7.55. The van der Waals surface area contributed by atoms with Gasteiger partial charge < -0.3 is 15.4 Å². The van der Waals surface area contributed by atoms with Gasteiger partial charge >= 0.3 is 0 Å². The fraction of sp³-hybridized carbons (Fsp3) is 0.533. The zero-order valence-electron chi connectivity index (χ0n) is 12.1. The molecule has 0 radical (unpaired) electrons. The highest BCUT2D eigenvalue weighted by molar-refractivity contribution is 5.76. The minimum Gasteiger partial charge on any atom is -0.399 e. The Labute approximate surface area is 115 Å². The third-order valence-electron chi connectivity index (χ3n) is 3.03. The maximum atomic E-state index is 12.2. The molecule has 4 nitrogen and oxygen atoms in total. The molecule has 1 unspecified atom stereocenters. The Kier molecular flexibility index (Phi) is 6.36. The average molecular weight is 264 g/mol. The molecule has 1 amide bonds. The summed E-state index contributed by atoms with van der Waals surface area (Å²) in [6, 6.07) is 7.66. The van der Waals surface area contributed by atoms with Gasteiger partial charge in [-0.1, -0.05) is 19.1 Å². The number of nitrogen functional groups attached to an aromatic ring is 1. The first-order chi connectivity index (χ1) is 9.06. The number of anilines is 1. The zero-order valence-corrected chi connectivity index (χ0v) is 12.1. The van der Waals surface area contributed by atoms with Gasteiger partial charge in [0, 0.05) is 38.9 Å². The van der Waals surface area contributed by atoms with Crippen molar-refractivity contribution in [2.75, 3.05) is 26.0 Å². The second-order valence-corrected chi connectivity index (χ2v) is 4.92. The van der Waals surface area contributed by atoms with E-state index in [-0.39, 0.29) is 11.8 Å². The van der Waals surface area contributed by atoms with Crippen molar-refractivity contribution in [2.45, 2.75) is 26.8 Å². The smallest absolute Gasteiger partial charge is 0.223 e.